The first-order valence-electron chi connectivity index (χ1n) is 12.2. The molecule has 204 valence electrons. The second-order valence-electron chi connectivity index (χ2n) is 8.64. The van der Waals surface area contributed by atoms with Gasteiger partial charge in [-0.3, -0.25) is 9.10 Å². The first-order valence-corrected chi connectivity index (χ1v) is 14.9. The first kappa shape index (κ1) is 28.6. The molecule has 0 heterocycles. The molecule has 1 amide bonds. The zero-order valence-corrected chi connectivity index (χ0v) is 23.5. The number of hydrogen-bond acceptors (Lipinski definition) is 7. The second-order valence-corrected chi connectivity index (χ2v) is 11.4. The van der Waals surface area contributed by atoms with Crippen molar-refractivity contribution >= 4 is 45.6 Å². The lowest BCUT2D eigenvalue weighted by Gasteiger charge is -2.24. The molecule has 0 fully saturated rings. The number of nitrogens with one attached hydrogen (secondary N) is 1. The zero-order chi connectivity index (χ0) is 28.5. The fourth-order valence-electron chi connectivity index (χ4n) is 3.61. The van der Waals surface area contributed by atoms with Gasteiger partial charge >= 0.3 is 5.97 Å². The third kappa shape index (κ3) is 7.37. The highest BCUT2D eigenvalue weighted by molar-refractivity contribution is 7.98. The van der Waals surface area contributed by atoms with Crippen LogP contribution in [0.3, 0.4) is 0 Å². The highest BCUT2D eigenvalue weighted by Gasteiger charge is 2.27. The summed E-state index contributed by atoms with van der Waals surface area (Å²) in [7, 11) is -4.03. The van der Waals surface area contributed by atoms with Crippen molar-refractivity contribution in [3.8, 4) is 5.75 Å². The Balaban J connectivity index is 1.43. The van der Waals surface area contributed by atoms with Gasteiger partial charge in [-0.05, 0) is 91.5 Å². The average Bonchev–Trinajstić information content (AvgIpc) is 2.98. The molecule has 40 heavy (non-hydrogen) atoms. The third-order valence-corrected chi connectivity index (χ3v) is 8.29. The highest BCUT2D eigenvalue weighted by Crippen LogP contribution is 2.25. The zero-order valence-electron chi connectivity index (χ0n) is 21.9. The molecule has 0 aromatic heterocycles. The van der Waals surface area contributed by atoms with E-state index in [9.17, 15) is 18.0 Å². The van der Waals surface area contributed by atoms with Gasteiger partial charge < -0.3 is 4.74 Å². The van der Waals surface area contributed by atoms with Crippen molar-refractivity contribution in [1.82, 2.24) is 5.43 Å². The summed E-state index contributed by atoms with van der Waals surface area (Å²) < 4.78 is 33.4. The van der Waals surface area contributed by atoms with Crippen LogP contribution in [-0.2, 0) is 14.8 Å². The van der Waals surface area contributed by atoms with Crippen LogP contribution in [0, 0.1) is 6.92 Å². The summed E-state index contributed by atoms with van der Waals surface area (Å²) in [5, 5.41) is 3.96. The molecule has 0 bridgehead atoms. The summed E-state index contributed by atoms with van der Waals surface area (Å²) in [5.41, 5.74) is 4.78. The number of sulfonamides is 1. The predicted molar refractivity (Wildman–Crippen MR) is 158 cm³/mol. The average molecular weight is 574 g/mol. The van der Waals surface area contributed by atoms with E-state index in [0.29, 0.717) is 22.6 Å². The van der Waals surface area contributed by atoms with Crippen LogP contribution >= 0.6 is 11.8 Å². The Morgan fingerprint density at radius 3 is 2.17 bits per heavy atom. The molecule has 4 rings (SSSR count). The van der Waals surface area contributed by atoms with Gasteiger partial charge in [0, 0.05) is 4.90 Å². The Morgan fingerprint density at radius 1 is 0.900 bits per heavy atom. The summed E-state index contributed by atoms with van der Waals surface area (Å²) in [6.07, 6.45) is 3.31. The normalized spacial score (nSPS) is 11.2. The van der Waals surface area contributed by atoms with Gasteiger partial charge in [0.2, 0.25) is 0 Å². The molecule has 0 aliphatic heterocycles. The van der Waals surface area contributed by atoms with E-state index in [1.54, 1.807) is 84.9 Å². The topological polar surface area (TPSA) is 105 Å². The van der Waals surface area contributed by atoms with Crippen molar-refractivity contribution in [3.63, 3.8) is 0 Å². The minimum Gasteiger partial charge on any atom is -0.423 e. The van der Waals surface area contributed by atoms with E-state index < -0.39 is 28.4 Å². The van der Waals surface area contributed by atoms with Gasteiger partial charge in [-0.15, -0.1) is 11.8 Å². The van der Waals surface area contributed by atoms with Gasteiger partial charge in [0.15, 0.2) is 0 Å². The van der Waals surface area contributed by atoms with E-state index in [0.717, 1.165) is 14.8 Å². The number of nitrogens with zero attached hydrogens (tertiary/aromatic N) is 2. The Labute approximate surface area is 237 Å². The number of carbonyl (C=O) groups is 2. The maximum Gasteiger partial charge on any atom is 0.343 e. The molecule has 10 heteroatoms. The number of esters is 1. The molecule has 0 spiro atoms. The first-order chi connectivity index (χ1) is 19.3. The van der Waals surface area contributed by atoms with Crippen molar-refractivity contribution in [3.05, 3.63) is 120 Å². The van der Waals surface area contributed by atoms with Crippen molar-refractivity contribution < 1.29 is 22.7 Å². The number of amides is 1. The van der Waals surface area contributed by atoms with Crippen LogP contribution in [0.15, 0.2) is 118 Å². The standard InChI is InChI=1S/C30H27N3O5S2/c1-22-8-12-25(13-9-22)33(40(36,37)28-18-16-27(39-2)17-19-28)21-29(34)32-31-20-23-10-14-26(15-11-23)38-30(35)24-6-4-3-5-7-24/h3-20H,21H2,1-2H3,(H,32,34)/b31-20-. The van der Waals surface area contributed by atoms with E-state index >= 15 is 0 Å². The summed E-state index contributed by atoms with van der Waals surface area (Å²) in [4.78, 5) is 26.0. The molecule has 0 saturated carbocycles. The molecule has 0 saturated heterocycles. The minimum atomic E-state index is -4.03. The maximum atomic E-state index is 13.5. The third-order valence-electron chi connectivity index (χ3n) is 5.76. The fraction of sp³-hybridized carbons (Fsp3) is 0.100. The number of ether oxygens (including phenoxy) is 1. The van der Waals surface area contributed by atoms with E-state index in [4.69, 9.17) is 4.74 Å². The second kappa shape index (κ2) is 13.1. The van der Waals surface area contributed by atoms with Crippen molar-refractivity contribution in [2.75, 3.05) is 17.1 Å². The van der Waals surface area contributed by atoms with Crippen LogP contribution in [-0.4, -0.2) is 39.3 Å². The number of hydrogen-bond donors (Lipinski definition) is 1. The molecule has 4 aromatic carbocycles. The van der Waals surface area contributed by atoms with Crippen LogP contribution in [0.1, 0.15) is 21.5 Å². The molecule has 0 atom stereocenters. The number of benzene rings is 4. The van der Waals surface area contributed by atoms with Gasteiger partial charge in [-0.1, -0.05) is 35.9 Å². The maximum absolute atomic E-state index is 13.5. The van der Waals surface area contributed by atoms with E-state index in [-0.39, 0.29) is 4.90 Å². The van der Waals surface area contributed by atoms with Crippen molar-refractivity contribution in [2.45, 2.75) is 16.7 Å². The molecular weight excluding hydrogens is 546 g/mol. The Kier molecular flexibility index (Phi) is 9.36. The Morgan fingerprint density at radius 2 is 1.55 bits per heavy atom. The smallest absolute Gasteiger partial charge is 0.343 e. The summed E-state index contributed by atoms with van der Waals surface area (Å²) in [6.45, 7) is 1.42. The number of carbonyl (C=O) groups excluding carboxylic acids is 2. The lowest BCUT2D eigenvalue weighted by Crippen LogP contribution is -2.39. The lowest BCUT2D eigenvalue weighted by atomic mass is 10.2. The molecule has 0 aliphatic rings. The quantitative estimate of drug-likeness (QED) is 0.0910. The van der Waals surface area contributed by atoms with Crippen molar-refractivity contribution in [2.24, 2.45) is 5.10 Å². The molecular formula is C30H27N3O5S2. The Bertz CT molecular complexity index is 1590. The molecule has 4 aromatic rings. The Hall–Kier alpha value is -4.41. The van der Waals surface area contributed by atoms with Gasteiger partial charge in [0.25, 0.3) is 15.9 Å². The SMILES string of the molecule is CSc1ccc(S(=O)(=O)N(CC(=O)N/N=C\c2ccc(OC(=O)c3ccccc3)cc2)c2ccc(C)cc2)cc1. The number of rotatable bonds is 10. The van der Waals surface area contributed by atoms with Gasteiger partial charge in [0.05, 0.1) is 22.4 Å². The van der Waals surface area contributed by atoms with Crippen LogP contribution in [0.2, 0.25) is 0 Å². The van der Waals surface area contributed by atoms with Gasteiger partial charge in [0.1, 0.15) is 12.3 Å². The molecule has 0 radical (unpaired) electrons. The fourth-order valence-corrected chi connectivity index (χ4v) is 5.44. The number of hydrazone groups is 1. The predicted octanol–water partition coefficient (Wildman–Crippen LogP) is 5.28. The van der Waals surface area contributed by atoms with E-state index in [1.165, 1.54) is 30.1 Å². The number of aryl methyl sites for hydroxylation is 1. The largest absolute Gasteiger partial charge is 0.423 e. The summed E-state index contributed by atoms with van der Waals surface area (Å²) in [5.74, 6) is -0.725. The van der Waals surface area contributed by atoms with Crippen LogP contribution in [0.5, 0.6) is 5.75 Å². The van der Waals surface area contributed by atoms with Crippen LogP contribution < -0.4 is 14.5 Å². The van der Waals surface area contributed by atoms with Crippen molar-refractivity contribution in [1.29, 1.82) is 0 Å². The number of anilines is 1. The van der Waals surface area contributed by atoms with E-state index in [1.807, 2.05) is 19.2 Å². The van der Waals surface area contributed by atoms with Crippen LogP contribution in [0.25, 0.3) is 0 Å². The monoisotopic (exact) mass is 573 g/mol. The highest BCUT2D eigenvalue weighted by atomic mass is 32.2. The molecule has 0 unspecified atom stereocenters. The summed E-state index contributed by atoms with van der Waals surface area (Å²) >= 11 is 1.50. The lowest BCUT2D eigenvalue weighted by molar-refractivity contribution is -0.119. The number of thioether (sulfide) groups is 1. The van der Waals surface area contributed by atoms with Gasteiger partial charge in [-0.25, -0.2) is 18.6 Å². The van der Waals surface area contributed by atoms with E-state index in [2.05, 4.69) is 10.5 Å². The minimum absolute atomic E-state index is 0.0789. The van der Waals surface area contributed by atoms with Gasteiger partial charge in [-0.2, -0.15) is 5.10 Å². The molecule has 8 nitrogen and oxygen atoms in total. The van der Waals surface area contributed by atoms with Crippen LogP contribution in [0.4, 0.5) is 5.69 Å². The molecule has 1 N–H and O–H groups in total. The molecule has 0 aliphatic carbocycles. The summed E-state index contributed by atoms with van der Waals surface area (Å²) in [6, 6.07) is 28.6.